The Morgan fingerprint density at radius 2 is 1.97 bits per heavy atom. The number of nitrogens with zero attached hydrogens (tertiary/aromatic N) is 1. The molecule has 0 saturated carbocycles. The zero-order valence-corrected chi connectivity index (χ0v) is 18.9. The first-order chi connectivity index (χ1) is 15.1. The molecule has 3 rings (SSSR count). The zero-order valence-electron chi connectivity index (χ0n) is 18.2. The van der Waals surface area contributed by atoms with Gasteiger partial charge in [-0.3, -0.25) is 4.79 Å². The van der Waals surface area contributed by atoms with Crippen LogP contribution in [0.25, 0.3) is 0 Å². The number of ether oxygens (including phenoxy) is 1. The van der Waals surface area contributed by atoms with Crippen LogP contribution in [-0.4, -0.2) is 28.6 Å². The minimum absolute atomic E-state index is 0.0104. The molecule has 2 amide bonds. The normalized spacial score (nSPS) is 18.4. The average Bonchev–Trinajstić information content (AvgIpc) is 2.72. The van der Waals surface area contributed by atoms with Crippen LogP contribution in [0.1, 0.15) is 38.3 Å². The maximum absolute atomic E-state index is 15.0. The van der Waals surface area contributed by atoms with Crippen molar-refractivity contribution in [2.75, 3.05) is 6.54 Å². The van der Waals surface area contributed by atoms with Crippen molar-refractivity contribution in [3.8, 4) is 5.75 Å². The van der Waals surface area contributed by atoms with Gasteiger partial charge in [-0.15, -0.1) is 0 Å². The molecule has 1 aliphatic rings. The Labute approximate surface area is 191 Å². The highest BCUT2D eigenvalue weighted by atomic mass is 35.5. The van der Waals surface area contributed by atoms with Gasteiger partial charge in [-0.1, -0.05) is 55.8 Å². The molecule has 0 unspecified atom stereocenters. The highest BCUT2D eigenvalue weighted by Gasteiger charge is 2.40. The van der Waals surface area contributed by atoms with Gasteiger partial charge in [0.2, 0.25) is 0 Å². The largest absolute Gasteiger partial charge is 0.484 e. The summed E-state index contributed by atoms with van der Waals surface area (Å²) in [6.07, 6.45) is 1.47. The van der Waals surface area contributed by atoms with Crippen molar-refractivity contribution in [1.82, 2.24) is 10.2 Å². The number of carboxylic acids is 1. The van der Waals surface area contributed by atoms with E-state index in [-0.39, 0.29) is 36.3 Å². The van der Waals surface area contributed by atoms with Gasteiger partial charge in [0.25, 0.3) is 0 Å². The van der Waals surface area contributed by atoms with Crippen LogP contribution in [-0.2, 0) is 16.9 Å². The second-order valence-corrected chi connectivity index (χ2v) is 8.58. The summed E-state index contributed by atoms with van der Waals surface area (Å²) in [5.41, 5.74) is 1.13. The molecule has 0 saturated heterocycles. The second-order valence-electron chi connectivity index (χ2n) is 8.17. The lowest BCUT2D eigenvalue weighted by Gasteiger charge is -2.42. The number of hydrogen-bond acceptors (Lipinski definition) is 3. The van der Waals surface area contributed by atoms with E-state index in [9.17, 15) is 9.59 Å². The number of urea groups is 1. The van der Waals surface area contributed by atoms with Crippen molar-refractivity contribution >= 4 is 23.6 Å². The fourth-order valence-corrected chi connectivity index (χ4v) is 4.04. The van der Waals surface area contributed by atoms with Gasteiger partial charge >= 0.3 is 12.0 Å². The molecule has 1 heterocycles. The SMILES string of the molecule is CC(C)C1=CN(CCC(=O)O)C(=O)N[C@@]1(C)c1cc(F)c(OCc2ccccc2)c(Cl)c1. The lowest BCUT2D eigenvalue weighted by Crippen LogP contribution is -2.55. The summed E-state index contributed by atoms with van der Waals surface area (Å²) in [5, 5.41) is 11.9. The molecule has 0 spiro atoms. The third kappa shape index (κ3) is 5.05. The predicted octanol–water partition coefficient (Wildman–Crippen LogP) is 5.31. The monoisotopic (exact) mass is 460 g/mol. The van der Waals surface area contributed by atoms with Crippen molar-refractivity contribution in [2.24, 2.45) is 5.92 Å². The van der Waals surface area contributed by atoms with Gasteiger partial charge in [-0.2, -0.15) is 0 Å². The molecule has 0 fully saturated rings. The number of carbonyl (C=O) groups is 2. The number of aliphatic carboxylic acids is 1. The molecular weight excluding hydrogens is 435 g/mol. The third-order valence-corrected chi connectivity index (χ3v) is 5.76. The first-order valence-electron chi connectivity index (χ1n) is 10.3. The Morgan fingerprint density at radius 3 is 2.56 bits per heavy atom. The number of hydrogen-bond donors (Lipinski definition) is 2. The number of halogens is 2. The third-order valence-electron chi connectivity index (χ3n) is 5.48. The fourth-order valence-electron chi connectivity index (χ4n) is 3.78. The summed E-state index contributed by atoms with van der Waals surface area (Å²) in [6.45, 7) is 5.88. The number of rotatable bonds is 8. The van der Waals surface area contributed by atoms with E-state index in [0.717, 1.165) is 11.1 Å². The van der Waals surface area contributed by atoms with Crippen molar-refractivity contribution < 1.29 is 23.8 Å². The van der Waals surface area contributed by atoms with E-state index in [4.69, 9.17) is 21.4 Å². The van der Waals surface area contributed by atoms with Gasteiger partial charge < -0.3 is 20.1 Å². The topological polar surface area (TPSA) is 78.9 Å². The fraction of sp³-hybridized carbons (Fsp3) is 0.333. The molecule has 32 heavy (non-hydrogen) atoms. The summed E-state index contributed by atoms with van der Waals surface area (Å²) in [5.74, 6) is -1.69. The highest BCUT2D eigenvalue weighted by molar-refractivity contribution is 6.32. The smallest absolute Gasteiger partial charge is 0.322 e. The molecule has 1 atom stereocenters. The van der Waals surface area contributed by atoms with Crippen molar-refractivity contribution in [3.63, 3.8) is 0 Å². The molecule has 2 N–H and O–H groups in total. The van der Waals surface area contributed by atoms with Gasteiger partial charge in [0.15, 0.2) is 11.6 Å². The van der Waals surface area contributed by atoms with E-state index in [0.29, 0.717) is 5.56 Å². The summed E-state index contributed by atoms with van der Waals surface area (Å²) in [7, 11) is 0. The van der Waals surface area contributed by atoms with Crippen molar-refractivity contribution in [3.05, 3.63) is 76.2 Å². The van der Waals surface area contributed by atoms with Crippen molar-refractivity contribution in [2.45, 2.75) is 39.3 Å². The molecule has 2 aromatic carbocycles. The maximum atomic E-state index is 15.0. The maximum Gasteiger partial charge on any atom is 0.322 e. The zero-order chi connectivity index (χ0) is 23.5. The summed E-state index contributed by atoms with van der Waals surface area (Å²) in [6, 6.07) is 11.8. The first kappa shape index (κ1) is 23.6. The van der Waals surface area contributed by atoms with Crippen LogP contribution in [0, 0.1) is 11.7 Å². The quantitative estimate of drug-likeness (QED) is 0.559. The predicted molar refractivity (Wildman–Crippen MR) is 120 cm³/mol. The van der Waals surface area contributed by atoms with Gasteiger partial charge in [-0.05, 0) is 41.7 Å². The molecule has 8 heteroatoms. The molecular formula is C24H26ClFN2O4. The van der Waals surface area contributed by atoms with E-state index in [2.05, 4.69) is 5.32 Å². The Balaban J connectivity index is 1.92. The van der Waals surface area contributed by atoms with Crippen LogP contribution in [0.15, 0.2) is 54.2 Å². The highest BCUT2D eigenvalue weighted by Crippen LogP contribution is 2.40. The molecule has 0 radical (unpaired) electrons. The lowest BCUT2D eigenvalue weighted by atomic mass is 9.78. The Hall–Kier alpha value is -3.06. The number of carbonyl (C=O) groups excluding carboxylic acids is 1. The molecule has 170 valence electrons. The molecule has 0 aromatic heterocycles. The van der Waals surface area contributed by atoms with E-state index in [1.807, 2.05) is 44.2 Å². The van der Waals surface area contributed by atoms with Crippen LogP contribution in [0.4, 0.5) is 9.18 Å². The Kier molecular flexibility index (Phi) is 7.09. The van der Waals surface area contributed by atoms with E-state index in [1.165, 1.54) is 11.0 Å². The van der Waals surface area contributed by atoms with Gasteiger partial charge in [-0.25, -0.2) is 9.18 Å². The van der Waals surface area contributed by atoms with E-state index < -0.39 is 23.4 Å². The lowest BCUT2D eigenvalue weighted by molar-refractivity contribution is -0.137. The summed E-state index contributed by atoms with van der Waals surface area (Å²) >= 11 is 6.39. The standard InChI is InChI=1S/C24H26ClFN2O4/c1-15(2)18-13-28(10-9-21(29)30)23(31)27-24(18,3)17-11-19(25)22(20(26)12-17)32-14-16-7-5-4-6-8-16/h4-8,11-13,15H,9-10,14H2,1-3H3,(H,27,31)(H,29,30)/t24-/m0/s1. The van der Waals surface area contributed by atoms with Crippen LogP contribution < -0.4 is 10.1 Å². The second kappa shape index (κ2) is 9.61. The minimum atomic E-state index is -1.02. The van der Waals surface area contributed by atoms with Gasteiger partial charge in [0, 0.05) is 12.7 Å². The molecule has 6 nitrogen and oxygen atoms in total. The van der Waals surface area contributed by atoms with Crippen LogP contribution in [0.3, 0.4) is 0 Å². The first-order valence-corrected chi connectivity index (χ1v) is 10.7. The minimum Gasteiger partial charge on any atom is -0.484 e. The summed E-state index contributed by atoms with van der Waals surface area (Å²) in [4.78, 5) is 24.9. The van der Waals surface area contributed by atoms with Crippen LogP contribution >= 0.6 is 11.6 Å². The van der Waals surface area contributed by atoms with E-state index in [1.54, 1.807) is 19.2 Å². The molecule has 0 bridgehead atoms. The van der Waals surface area contributed by atoms with E-state index >= 15 is 4.39 Å². The molecule has 1 aliphatic heterocycles. The molecule has 2 aromatic rings. The number of carboxylic acid groups (broad SMARTS) is 1. The van der Waals surface area contributed by atoms with Crippen LogP contribution in [0.2, 0.25) is 5.02 Å². The number of benzene rings is 2. The molecule has 0 aliphatic carbocycles. The van der Waals surface area contributed by atoms with Crippen LogP contribution in [0.5, 0.6) is 5.75 Å². The Morgan fingerprint density at radius 1 is 1.28 bits per heavy atom. The Bertz CT molecular complexity index is 1020. The number of amides is 2. The van der Waals surface area contributed by atoms with Gasteiger partial charge in [0.1, 0.15) is 6.61 Å². The van der Waals surface area contributed by atoms with Gasteiger partial charge in [0.05, 0.1) is 17.0 Å². The average molecular weight is 461 g/mol. The number of nitrogens with one attached hydrogen (secondary N) is 1. The summed E-state index contributed by atoms with van der Waals surface area (Å²) < 4.78 is 20.7. The van der Waals surface area contributed by atoms with Crippen molar-refractivity contribution in [1.29, 1.82) is 0 Å².